The average Bonchev–Trinajstić information content (AvgIpc) is 3.01. The molecule has 0 amide bonds. The highest BCUT2D eigenvalue weighted by molar-refractivity contribution is 7.92. The van der Waals surface area contributed by atoms with Crippen molar-refractivity contribution < 1.29 is 27.4 Å². The Balaban J connectivity index is 2.01. The zero-order chi connectivity index (χ0) is 17.3. The Kier molecular flexibility index (Phi) is 4.33. The minimum Gasteiger partial charge on any atom is -0.497 e. The van der Waals surface area contributed by atoms with Crippen LogP contribution < -0.4 is 23.7 Å². The van der Waals surface area contributed by atoms with E-state index in [-0.39, 0.29) is 28.1 Å². The lowest BCUT2D eigenvalue weighted by atomic mass is 10.3. The van der Waals surface area contributed by atoms with E-state index in [0.717, 1.165) is 0 Å². The second-order valence-corrected chi connectivity index (χ2v) is 6.87. The molecule has 1 aliphatic rings. The van der Waals surface area contributed by atoms with Crippen LogP contribution in [0.4, 0.5) is 5.69 Å². The first-order valence-corrected chi connectivity index (χ1v) is 8.64. The first kappa shape index (κ1) is 16.5. The summed E-state index contributed by atoms with van der Waals surface area (Å²) in [5.41, 5.74) is 0.172. The zero-order valence-electron chi connectivity index (χ0n) is 12.8. The number of hydrogen-bond acceptors (Lipinski definition) is 6. The third-order valence-electron chi connectivity index (χ3n) is 3.37. The van der Waals surface area contributed by atoms with Crippen LogP contribution in [0.25, 0.3) is 0 Å². The molecule has 0 bridgehead atoms. The van der Waals surface area contributed by atoms with Crippen molar-refractivity contribution in [1.82, 2.24) is 0 Å². The number of ether oxygens (including phenoxy) is 4. The summed E-state index contributed by atoms with van der Waals surface area (Å²) >= 11 is 6.12. The summed E-state index contributed by atoms with van der Waals surface area (Å²) in [7, 11) is -1.14. The largest absolute Gasteiger partial charge is 0.497 e. The van der Waals surface area contributed by atoms with Crippen molar-refractivity contribution in [3.63, 3.8) is 0 Å². The second-order valence-electron chi connectivity index (χ2n) is 4.81. The number of rotatable bonds is 5. The lowest BCUT2D eigenvalue weighted by Gasteiger charge is -2.14. The lowest BCUT2D eigenvalue weighted by molar-refractivity contribution is 0.174. The van der Waals surface area contributed by atoms with E-state index in [0.29, 0.717) is 17.2 Å². The van der Waals surface area contributed by atoms with E-state index in [2.05, 4.69) is 4.72 Å². The van der Waals surface area contributed by atoms with Gasteiger partial charge in [0.05, 0.1) is 24.9 Å². The molecule has 9 heteroatoms. The zero-order valence-corrected chi connectivity index (χ0v) is 14.4. The van der Waals surface area contributed by atoms with Gasteiger partial charge in [-0.1, -0.05) is 11.6 Å². The number of fused-ring (bicyclic) bond motifs is 1. The van der Waals surface area contributed by atoms with Gasteiger partial charge in [-0.25, -0.2) is 8.42 Å². The van der Waals surface area contributed by atoms with Gasteiger partial charge in [-0.2, -0.15) is 0 Å². The summed E-state index contributed by atoms with van der Waals surface area (Å²) in [5, 5.41) is 0.185. The van der Waals surface area contributed by atoms with Crippen molar-refractivity contribution in [2.45, 2.75) is 4.90 Å². The van der Waals surface area contributed by atoms with Gasteiger partial charge in [-0.3, -0.25) is 4.72 Å². The van der Waals surface area contributed by atoms with Gasteiger partial charge >= 0.3 is 0 Å². The molecule has 3 rings (SSSR count). The molecular weight excluding hydrogens is 358 g/mol. The molecule has 7 nitrogen and oxygen atoms in total. The summed E-state index contributed by atoms with van der Waals surface area (Å²) in [6.45, 7) is 0.0611. The summed E-state index contributed by atoms with van der Waals surface area (Å²) in [5.74, 6) is 1.43. The minimum atomic E-state index is -3.96. The highest BCUT2D eigenvalue weighted by Crippen LogP contribution is 2.40. The van der Waals surface area contributed by atoms with E-state index in [4.69, 9.17) is 30.5 Å². The standard InChI is InChI=1S/C15H14ClNO6S/c1-20-9-3-4-12(21-2)15(5-9)24(18,19)17-11-7-14-13(6-10(11)16)22-8-23-14/h3-7,17H,8H2,1-2H3. The normalized spacial score (nSPS) is 12.8. The van der Waals surface area contributed by atoms with Gasteiger partial charge < -0.3 is 18.9 Å². The molecule has 2 aromatic carbocycles. The molecule has 1 aliphatic heterocycles. The third-order valence-corrected chi connectivity index (χ3v) is 5.07. The topological polar surface area (TPSA) is 83.1 Å². The second kappa shape index (κ2) is 6.29. The van der Waals surface area contributed by atoms with Crippen LogP contribution >= 0.6 is 11.6 Å². The van der Waals surface area contributed by atoms with Gasteiger partial charge in [0.2, 0.25) is 6.79 Å². The molecule has 0 atom stereocenters. The van der Waals surface area contributed by atoms with Gasteiger partial charge in [-0.15, -0.1) is 0 Å². The van der Waals surface area contributed by atoms with Crippen LogP contribution in [-0.4, -0.2) is 29.4 Å². The van der Waals surface area contributed by atoms with Crippen molar-refractivity contribution in [3.05, 3.63) is 35.4 Å². The summed E-state index contributed by atoms with van der Waals surface area (Å²) < 4.78 is 48.5. The molecule has 0 aliphatic carbocycles. The van der Waals surface area contributed by atoms with Gasteiger partial charge in [0.1, 0.15) is 16.4 Å². The number of sulfonamides is 1. The van der Waals surface area contributed by atoms with Crippen LogP contribution in [-0.2, 0) is 10.0 Å². The number of methoxy groups -OCH3 is 2. The van der Waals surface area contributed by atoms with Crippen LogP contribution in [0.3, 0.4) is 0 Å². The molecule has 2 aromatic rings. The molecule has 128 valence electrons. The third kappa shape index (κ3) is 3.02. The maximum atomic E-state index is 12.7. The maximum Gasteiger partial charge on any atom is 0.265 e. The number of anilines is 1. The fourth-order valence-electron chi connectivity index (χ4n) is 2.19. The van der Waals surface area contributed by atoms with E-state index >= 15 is 0 Å². The Hall–Kier alpha value is -2.32. The Bertz CT molecular complexity index is 884. The predicted octanol–water partition coefficient (Wildman–Crippen LogP) is 2.89. The van der Waals surface area contributed by atoms with Crippen LogP contribution in [0.2, 0.25) is 5.02 Å². The van der Waals surface area contributed by atoms with Gasteiger partial charge in [-0.05, 0) is 12.1 Å². The Labute approximate surface area is 144 Å². The van der Waals surface area contributed by atoms with E-state index in [1.807, 2.05) is 0 Å². The number of hydrogen-bond donors (Lipinski definition) is 1. The first-order chi connectivity index (χ1) is 11.4. The summed E-state index contributed by atoms with van der Waals surface area (Å²) in [4.78, 5) is -0.0712. The molecule has 24 heavy (non-hydrogen) atoms. The van der Waals surface area contributed by atoms with Crippen LogP contribution in [0.5, 0.6) is 23.0 Å². The Morgan fingerprint density at radius 1 is 1.08 bits per heavy atom. The monoisotopic (exact) mass is 371 g/mol. The van der Waals surface area contributed by atoms with Crippen molar-refractivity contribution in [1.29, 1.82) is 0 Å². The molecule has 0 aromatic heterocycles. The molecule has 0 fully saturated rings. The van der Waals surface area contributed by atoms with Crippen molar-refractivity contribution in [2.24, 2.45) is 0 Å². The van der Waals surface area contributed by atoms with Crippen molar-refractivity contribution in [3.8, 4) is 23.0 Å². The van der Waals surface area contributed by atoms with Gasteiger partial charge in [0.25, 0.3) is 10.0 Å². The quantitative estimate of drug-likeness (QED) is 0.870. The Morgan fingerprint density at radius 3 is 2.46 bits per heavy atom. The number of nitrogens with one attached hydrogen (secondary N) is 1. The summed E-state index contributed by atoms with van der Waals surface area (Å²) in [6.07, 6.45) is 0. The smallest absolute Gasteiger partial charge is 0.265 e. The summed E-state index contributed by atoms with van der Waals surface area (Å²) in [6, 6.07) is 7.43. The van der Waals surface area contributed by atoms with Gasteiger partial charge in [0.15, 0.2) is 11.5 Å². The number of benzene rings is 2. The SMILES string of the molecule is COc1ccc(OC)c(S(=O)(=O)Nc2cc3c(cc2Cl)OCO3)c1. The van der Waals surface area contributed by atoms with Crippen LogP contribution in [0.1, 0.15) is 0 Å². The molecule has 1 heterocycles. The first-order valence-electron chi connectivity index (χ1n) is 6.78. The van der Waals surface area contributed by atoms with Crippen LogP contribution in [0, 0.1) is 0 Å². The molecule has 0 unspecified atom stereocenters. The van der Waals surface area contributed by atoms with Crippen molar-refractivity contribution in [2.75, 3.05) is 25.7 Å². The fraction of sp³-hybridized carbons (Fsp3) is 0.200. The van der Waals surface area contributed by atoms with Gasteiger partial charge in [0, 0.05) is 18.2 Å². The average molecular weight is 372 g/mol. The molecule has 0 spiro atoms. The predicted molar refractivity (Wildman–Crippen MR) is 87.9 cm³/mol. The maximum absolute atomic E-state index is 12.7. The number of halogens is 1. The van der Waals surface area contributed by atoms with Crippen LogP contribution in [0.15, 0.2) is 35.2 Å². The molecule has 1 N–H and O–H groups in total. The molecule has 0 saturated carbocycles. The van der Waals surface area contributed by atoms with E-state index < -0.39 is 10.0 Å². The molecule has 0 saturated heterocycles. The lowest BCUT2D eigenvalue weighted by Crippen LogP contribution is -2.14. The van der Waals surface area contributed by atoms with E-state index in [1.165, 1.54) is 38.5 Å². The molecular formula is C15H14ClNO6S. The fourth-order valence-corrected chi connectivity index (χ4v) is 3.70. The van der Waals surface area contributed by atoms with Crippen molar-refractivity contribution >= 4 is 27.3 Å². The Morgan fingerprint density at radius 2 is 1.79 bits per heavy atom. The molecule has 0 radical (unpaired) electrons. The minimum absolute atomic E-state index is 0.0611. The highest BCUT2D eigenvalue weighted by Gasteiger charge is 2.24. The highest BCUT2D eigenvalue weighted by atomic mass is 35.5. The van der Waals surface area contributed by atoms with E-state index in [9.17, 15) is 8.42 Å². The van der Waals surface area contributed by atoms with E-state index in [1.54, 1.807) is 6.07 Å².